The summed E-state index contributed by atoms with van der Waals surface area (Å²) in [5.74, 6) is 1.42. The van der Waals surface area contributed by atoms with Crippen LogP contribution in [0.3, 0.4) is 0 Å². The van der Waals surface area contributed by atoms with Gasteiger partial charge >= 0.3 is 5.97 Å². The van der Waals surface area contributed by atoms with E-state index in [1.807, 2.05) is 13.8 Å². The lowest BCUT2D eigenvalue weighted by Gasteiger charge is -2.07. The first-order valence-corrected chi connectivity index (χ1v) is 8.62. The number of carbonyl (C=O) groups excluding carboxylic acids is 1. The minimum Gasteiger partial charge on any atom is -0.454 e. The van der Waals surface area contributed by atoms with E-state index < -0.39 is 5.97 Å². The van der Waals surface area contributed by atoms with Gasteiger partial charge in [0.25, 0.3) is 0 Å². The molecule has 0 amide bonds. The van der Waals surface area contributed by atoms with Crippen LogP contribution in [-0.4, -0.2) is 21.3 Å². The van der Waals surface area contributed by atoms with Crippen molar-refractivity contribution in [2.75, 3.05) is 0 Å². The zero-order valence-electron chi connectivity index (χ0n) is 14.1. The molecule has 0 aliphatic rings. The Hall–Kier alpha value is -2.61. The minimum atomic E-state index is -0.455. The van der Waals surface area contributed by atoms with Gasteiger partial charge in [-0.1, -0.05) is 10.3 Å². The maximum absolute atomic E-state index is 12.4. The number of esters is 1. The SMILES string of the molecule is Cc1cc(COC(=O)c2cccnc2SCc2c(C)noc2C)on1. The number of hydrogen-bond acceptors (Lipinski definition) is 8. The third kappa shape index (κ3) is 4.08. The summed E-state index contributed by atoms with van der Waals surface area (Å²) in [6, 6.07) is 5.12. The van der Waals surface area contributed by atoms with Crippen molar-refractivity contribution in [1.82, 2.24) is 15.3 Å². The Labute approximate surface area is 148 Å². The fourth-order valence-electron chi connectivity index (χ4n) is 2.21. The molecule has 0 unspecified atom stereocenters. The molecule has 0 fully saturated rings. The highest BCUT2D eigenvalue weighted by atomic mass is 32.2. The van der Waals surface area contributed by atoms with Gasteiger partial charge in [0, 0.05) is 23.6 Å². The third-order valence-electron chi connectivity index (χ3n) is 3.55. The van der Waals surface area contributed by atoms with Crippen molar-refractivity contribution in [3.05, 3.63) is 58.4 Å². The normalized spacial score (nSPS) is 10.8. The molecule has 3 heterocycles. The maximum Gasteiger partial charge on any atom is 0.341 e. The fourth-order valence-corrected chi connectivity index (χ4v) is 3.34. The number of pyridine rings is 1. The zero-order chi connectivity index (χ0) is 17.8. The van der Waals surface area contributed by atoms with E-state index in [2.05, 4.69) is 15.3 Å². The summed E-state index contributed by atoms with van der Waals surface area (Å²) in [4.78, 5) is 16.7. The Morgan fingerprint density at radius 3 is 2.76 bits per heavy atom. The second-order valence-electron chi connectivity index (χ2n) is 5.46. The van der Waals surface area contributed by atoms with E-state index in [0.717, 1.165) is 22.7 Å². The molecule has 3 aromatic rings. The van der Waals surface area contributed by atoms with Crippen LogP contribution >= 0.6 is 11.8 Å². The third-order valence-corrected chi connectivity index (χ3v) is 4.58. The van der Waals surface area contributed by atoms with Crippen LogP contribution in [0.1, 0.15) is 38.8 Å². The number of thioether (sulfide) groups is 1. The number of nitrogens with zero attached hydrogens (tertiary/aromatic N) is 3. The molecule has 0 saturated heterocycles. The molecule has 0 bridgehead atoms. The molecule has 8 heteroatoms. The molecule has 0 N–H and O–H groups in total. The van der Waals surface area contributed by atoms with Crippen LogP contribution in [0.4, 0.5) is 0 Å². The Balaban J connectivity index is 1.68. The smallest absolute Gasteiger partial charge is 0.341 e. The Morgan fingerprint density at radius 2 is 2.08 bits per heavy atom. The van der Waals surface area contributed by atoms with E-state index in [1.165, 1.54) is 11.8 Å². The van der Waals surface area contributed by atoms with Crippen molar-refractivity contribution in [3.8, 4) is 0 Å². The van der Waals surface area contributed by atoms with E-state index in [-0.39, 0.29) is 6.61 Å². The molecule has 7 nitrogen and oxygen atoms in total. The van der Waals surface area contributed by atoms with Crippen molar-refractivity contribution in [1.29, 1.82) is 0 Å². The van der Waals surface area contributed by atoms with Gasteiger partial charge in [0.1, 0.15) is 10.8 Å². The van der Waals surface area contributed by atoms with Crippen LogP contribution < -0.4 is 0 Å². The molecule has 0 saturated carbocycles. The van der Waals surface area contributed by atoms with Crippen LogP contribution in [-0.2, 0) is 17.1 Å². The molecule has 25 heavy (non-hydrogen) atoms. The fraction of sp³-hybridized carbons (Fsp3) is 0.294. The summed E-state index contributed by atoms with van der Waals surface area (Å²) < 4.78 is 15.5. The van der Waals surface area contributed by atoms with Crippen LogP contribution in [0.2, 0.25) is 0 Å². The van der Waals surface area contributed by atoms with Crippen molar-refractivity contribution < 1.29 is 18.6 Å². The van der Waals surface area contributed by atoms with Gasteiger partial charge in [0.15, 0.2) is 12.4 Å². The van der Waals surface area contributed by atoms with Crippen molar-refractivity contribution in [2.45, 2.75) is 38.2 Å². The lowest BCUT2D eigenvalue weighted by atomic mass is 10.2. The first kappa shape index (κ1) is 17.2. The minimum absolute atomic E-state index is 0.0303. The first-order chi connectivity index (χ1) is 12.0. The lowest BCUT2D eigenvalue weighted by molar-refractivity contribution is 0.0432. The molecule has 130 valence electrons. The van der Waals surface area contributed by atoms with Gasteiger partial charge in [-0.05, 0) is 32.9 Å². The van der Waals surface area contributed by atoms with Crippen molar-refractivity contribution in [3.63, 3.8) is 0 Å². The second-order valence-corrected chi connectivity index (χ2v) is 6.42. The number of hydrogen-bond donors (Lipinski definition) is 0. The average Bonchev–Trinajstić information content (AvgIpc) is 3.17. The highest BCUT2D eigenvalue weighted by Crippen LogP contribution is 2.27. The van der Waals surface area contributed by atoms with Crippen molar-refractivity contribution >= 4 is 17.7 Å². The molecule has 0 aromatic carbocycles. The van der Waals surface area contributed by atoms with Crippen LogP contribution in [0.25, 0.3) is 0 Å². The highest BCUT2D eigenvalue weighted by molar-refractivity contribution is 7.98. The van der Waals surface area contributed by atoms with Gasteiger partial charge in [-0.15, -0.1) is 11.8 Å². The quantitative estimate of drug-likeness (QED) is 0.487. The summed E-state index contributed by atoms with van der Waals surface area (Å²) in [7, 11) is 0. The van der Waals surface area contributed by atoms with Gasteiger partial charge in [0.2, 0.25) is 0 Å². The predicted octanol–water partition coefficient (Wildman–Crippen LogP) is 3.63. The number of aromatic nitrogens is 3. The molecule has 0 spiro atoms. The van der Waals surface area contributed by atoms with Gasteiger partial charge in [-0.2, -0.15) is 0 Å². The number of ether oxygens (including phenoxy) is 1. The number of carbonyl (C=O) groups is 1. The van der Waals surface area contributed by atoms with Crippen LogP contribution in [0, 0.1) is 20.8 Å². The average molecular weight is 359 g/mol. The Morgan fingerprint density at radius 1 is 1.24 bits per heavy atom. The second kappa shape index (κ2) is 7.52. The molecule has 0 aliphatic carbocycles. The standard InChI is InChI=1S/C17H17N3O4S/c1-10-7-13(24-19-10)8-22-17(21)14-5-4-6-18-16(14)25-9-15-11(2)20-23-12(15)3/h4-7H,8-9H2,1-3H3. The van der Waals surface area contributed by atoms with E-state index in [9.17, 15) is 4.79 Å². The van der Waals surface area contributed by atoms with E-state index in [0.29, 0.717) is 22.1 Å². The lowest BCUT2D eigenvalue weighted by Crippen LogP contribution is -2.07. The summed E-state index contributed by atoms with van der Waals surface area (Å²) in [6.45, 7) is 5.59. The summed E-state index contributed by atoms with van der Waals surface area (Å²) in [5.41, 5.74) is 3.00. The predicted molar refractivity (Wildman–Crippen MR) is 90.1 cm³/mol. The van der Waals surface area contributed by atoms with Gasteiger partial charge < -0.3 is 13.8 Å². The topological polar surface area (TPSA) is 91.2 Å². The summed E-state index contributed by atoms with van der Waals surface area (Å²) in [5, 5.41) is 8.29. The number of aryl methyl sites for hydroxylation is 3. The number of rotatable bonds is 6. The van der Waals surface area contributed by atoms with Crippen molar-refractivity contribution in [2.24, 2.45) is 0 Å². The van der Waals surface area contributed by atoms with Crippen LogP contribution in [0.15, 0.2) is 38.5 Å². The molecular weight excluding hydrogens is 342 g/mol. The molecule has 3 aromatic heterocycles. The first-order valence-electron chi connectivity index (χ1n) is 7.63. The summed E-state index contributed by atoms with van der Waals surface area (Å²) >= 11 is 1.44. The van der Waals surface area contributed by atoms with E-state index >= 15 is 0 Å². The van der Waals surface area contributed by atoms with Crippen LogP contribution in [0.5, 0.6) is 0 Å². The van der Waals surface area contributed by atoms with E-state index in [1.54, 1.807) is 31.3 Å². The highest BCUT2D eigenvalue weighted by Gasteiger charge is 2.17. The van der Waals surface area contributed by atoms with Gasteiger partial charge in [0.05, 0.1) is 17.0 Å². The van der Waals surface area contributed by atoms with Gasteiger partial charge in [-0.25, -0.2) is 9.78 Å². The molecule has 0 atom stereocenters. The Kier molecular flexibility index (Phi) is 5.18. The zero-order valence-corrected chi connectivity index (χ0v) is 14.9. The maximum atomic E-state index is 12.4. The summed E-state index contributed by atoms with van der Waals surface area (Å²) in [6.07, 6.45) is 1.65. The molecule has 0 aliphatic heterocycles. The monoisotopic (exact) mass is 359 g/mol. The molecule has 3 rings (SSSR count). The molecular formula is C17H17N3O4S. The Bertz CT molecular complexity index is 868. The van der Waals surface area contributed by atoms with E-state index in [4.69, 9.17) is 13.8 Å². The van der Waals surface area contributed by atoms with Gasteiger partial charge in [-0.3, -0.25) is 0 Å². The largest absolute Gasteiger partial charge is 0.454 e. The molecule has 0 radical (unpaired) electrons.